The molecule has 2 aromatic heterocycles. The van der Waals surface area contributed by atoms with Gasteiger partial charge in [-0.15, -0.1) is 5.10 Å². The minimum absolute atomic E-state index is 0.281. The lowest BCUT2D eigenvalue weighted by Crippen LogP contribution is -2.00. The molecule has 2 aromatic carbocycles. The molecule has 0 atom stereocenters. The smallest absolute Gasteiger partial charge is 0.231 e. The Bertz CT molecular complexity index is 1090. The number of ether oxygens (including phenoxy) is 2. The number of hydrogen-bond acceptors (Lipinski definition) is 6. The van der Waals surface area contributed by atoms with Crippen LogP contribution in [0.4, 0.5) is 5.13 Å². The zero-order valence-electron chi connectivity index (χ0n) is 13.5. The Morgan fingerprint density at radius 3 is 2.85 bits per heavy atom. The van der Waals surface area contributed by atoms with E-state index < -0.39 is 0 Å². The van der Waals surface area contributed by atoms with Crippen LogP contribution in [-0.2, 0) is 6.54 Å². The van der Waals surface area contributed by atoms with Crippen molar-refractivity contribution in [2.45, 2.75) is 6.54 Å². The van der Waals surface area contributed by atoms with E-state index in [2.05, 4.69) is 15.4 Å². The van der Waals surface area contributed by atoms with E-state index in [9.17, 15) is 0 Å². The average Bonchev–Trinajstić information content (AvgIpc) is 3.35. The molecule has 0 saturated heterocycles. The predicted octanol–water partition coefficient (Wildman–Crippen LogP) is 4.45. The van der Waals surface area contributed by atoms with Gasteiger partial charge in [0.05, 0.1) is 11.9 Å². The number of nitrogens with one attached hydrogen (secondary N) is 1. The lowest BCUT2D eigenvalue weighted by molar-refractivity contribution is 0.174. The molecule has 0 unspecified atom stereocenters. The van der Waals surface area contributed by atoms with Gasteiger partial charge in [-0.2, -0.15) is 0 Å². The van der Waals surface area contributed by atoms with Crippen molar-refractivity contribution in [3.63, 3.8) is 0 Å². The molecule has 1 N–H and O–H groups in total. The predicted molar refractivity (Wildman–Crippen MR) is 101 cm³/mol. The molecule has 130 valence electrons. The number of imidazole rings is 1. The number of nitrogens with zero attached hydrogens (tertiary/aromatic N) is 3. The lowest BCUT2D eigenvalue weighted by Gasteiger charge is -2.04. The van der Waals surface area contributed by atoms with E-state index in [0.29, 0.717) is 11.6 Å². The molecule has 4 aromatic rings. The fourth-order valence-corrected chi connectivity index (χ4v) is 3.71. The molecule has 0 bridgehead atoms. The van der Waals surface area contributed by atoms with Gasteiger partial charge < -0.3 is 14.8 Å². The van der Waals surface area contributed by atoms with Crippen LogP contribution in [0.15, 0.2) is 48.7 Å². The van der Waals surface area contributed by atoms with Crippen molar-refractivity contribution in [2.75, 3.05) is 12.1 Å². The molecule has 0 aliphatic carbocycles. The zero-order valence-corrected chi connectivity index (χ0v) is 15.0. The van der Waals surface area contributed by atoms with Crippen molar-refractivity contribution < 1.29 is 9.47 Å². The normalized spacial score (nSPS) is 12.7. The van der Waals surface area contributed by atoms with Gasteiger partial charge in [0.2, 0.25) is 16.9 Å². The first-order valence-corrected chi connectivity index (χ1v) is 9.19. The van der Waals surface area contributed by atoms with Crippen LogP contribution >= 0.6 is 22.9 Å². The van der Waals surface area contributed by atoms with Crippen molar-refractivity contribution in [3.05, 3.63) is 59.2 Å². The summed E-state index contributed by atoms with van der Waals surface area (Å²) in [5.41, 5.74) is 3.05. The average molecular weight is 385 g/mol. The van der Waals surface area contributed by atoms with Crippen LogP contribution in [0.3, 0.4) is 0 Å². The third-order valence-electron chi connectivity index (χ3n) is 4.11. The Hall–Kier alpha value is -2.77. The summed E-state index contributed by atoms with van der Waals surface area (Å²) in [6.07, 6.45) is 1.82. The number of rotatable bonds is 4. The molecule has 6 nitrogen and oxygen atoms in total. The second-order valence-corrected chi connectivity index (χ2v) is 7.19. The lowest BCUT2D eigenvalue weighted by atomic mass is 10.2. The molecule has 0 radical (unpaired) electrons. The summed E-state index contributed by atoms with van der Waals surface area (Å²) in [7, 11) is 0. The quantitative estimate of drug-likeness (QED) is 0.563. The van der Waals surface area contributed by atoms with Gasteiger partial charge in [0.25, 0.3) is 0 Å². The second-order valence-electron chi connectivity index (χ2n) is 5.79. The number of benzene rings is 2. The highest BCUT2D eigenvalue weighted by atomic mass is 35.5. The van der Waals surface area contributed by atoms with Crippen LogP contribution < -0.4 is 14.8 Å². The fourth-order valence-electron chi connectivity index (χ4n) is 2.81. The van der Waals surface area contributed by atoms with Crippen molar-refractivity contribution in [1.82, 2.24) is 14.6 Å². The van der Waals surface area contributed by atoms with E-state index in [0.717, 1.165) is 38.4 Å². The number of hydrogen-bond donors (Lipinski definition) is 1. The monoisotopic (exact) mass is 384 g/mol. The summed E-state index contributed by atoms with van der Waals surface area (Å²) in [5, 5.41) is 9.49. The van der Waals surface area contributed by atoms with Gasteiger partial charge in [-0.3, -0.25) is 0 Å². The maximum atomic E-state index is 5.97. The van der Waals surface area contributed by atoms with Crippen LogP contribution in [0.1, 0.15) is 5.56 Å². The summed E-state index contributed by atoms with van der Waals surface area (Å²) in [6, 6.07) is 13.6. The maximum absolute atomic E-state index is 5.97. The summed E-state index contributed by atoms with van der Waals surface area (Å²) >= 11 is 7.48. The molecule has 0 fully saturated rings. The van der Waals surface area contributed by atoms with E-state index in [1.165, 1.54) is 11.3 Å². The van der Waals surface area contributed by atoms with E-state index in [1.807, 2.05) is 53.2 Å². The highest BCUT2D eigenvalue weighted by molar-refractivity contribution is 7.20. The van der Waals surface area contributed by atoms with Crippen molar-refractivity contribution >= 4 is 33.0 Å². The number of aromatic nitrogens is 3. The van der Waals surface area contributed by atoms with E-state index in [4.69, 9.17) is 21.1 Å². The van der Waals surface area contributed by atoms with Gasteiger partial charge in [-0.25, -0.2) is 9.50 Å². The Morgan fingerprint density at radius 2 is 1.96 bits per heavy atom. The molecule has 5 rings (SSSR count). The standard InChI is InChI=1S/C18H13ClN4O2S/c19-13-4-2-12(3-5-13)14-9-21-18-23(14)22-17(26-18)20-8-11-1-6-15-16(7-11)25-10-24-15/h1-7,9H,8,10H2,(H,20,22). The van der Waals surface area contributed by atoms with Crippen molar-refractivity contribution in [2.24, 2.45) is 0 Å². The Morgan fingerprint density at radius 1 is 1.12 bits per heavy atom. The van der Waals surface area contributed by atoms with E-state index in [-0.39, 0.29) is 6.79 Å². The molecular weight excluding hydrogens is 372 g/mol. The number of halogens is 1. The Labute approximate surface area is 158 Å². The fraction of sp³-hybridized carbons (Fsp3) is 0.111. The van der Waals surface area contributed by atoms with Crippen LogP contribution in [-0.4, -0.2) is 21.4 Å². The van der Waals surface area contributed by atoms with Gasteiger partial charge in [-0.05, 0) is 29.8 Å². The Kier molecular flexibility index (Phi) is 3.69. The second kappa shape index (κ2) is 6.19. The van der Waals surface area contributed by atoms with Gasteiger partial charge in [-0.1, -0.05) is 41.1 Å². The first kappa shape index (κ1) is 15.5. The molecule has 0 spiro atoms. The van der Waals surface area contributed by atoms with Crippen molar-refractivity contribution in [3.8, 4) is 22.8 Å². The highest BCUT2D eigenvalue weighted by Gasteiger charge is 2.14. The highest BCUT2D eigenvalue weighted by Crippen LogP contribution is 2.33. The van der Waals surface area contributed by atoms with Crippen LogP contribution in [0.2, 0.25) is 5.02 Å². The molecule has 26 heavy (non-hydrogen) atoms. The number of anilines is 1. The van der Waals surface area contributed by atoms with Crippen LogP contribution in [0, 0.1) is 0 Å². The summed E-state index contributed by atoms with van der Waals surface area (Å²) in [5.74, 6) is 1.57. The van der Waals surface area contributed by atoms with E-state index >= 15 is 0 Å². The maximum Gasteiger partial charge on any atom is 0.231 e. The third-order valence-corrected chi connectivity index (χ3v) is 5.24. The van der Waals surface area contributed by atoms with Gasteiger partial charge >= 0.3 is 0 Å². The van der Waals surface area contributed by atoms with Gasteiger partial charge in [0.15, 0.2) is 11.5 Å². The molecule has 0 saturated carbocycles. The van der Waals surface area contributed by atoms with Crippen molar-refractivity contribution in [1.29, 1.82) is 0 Å². The first-order chi connectivity index (χ1) is 12.8. The Balaban J connectivity index is 1.37. The van der Waals surface area contributed by atoms with Gasteiger partial charge in [0.1, 0.15) is 0 Å². The summed E-state index contributed by atoms with van der Waals surface area (Å²) < 4.78 is 12.6. The van der Waals surface area contributed by atoms with Crippen LogP contribution in [0.5, 0.6) is 11.5 Å². The first-order valence-electron chi connectivity index (χ1n) is 7.99. The molecular formula is C18H13ClN4O2S. The number of fused-ring (bicyclic) bond motifs is 2. The molecule has 1 aliphatic heterocycles. The third kappa shape index (κ3) is 2.75. The van der Waals surface area contributed by atoms with Gasteiger partial charge in [0, 0.05) is 17.1 Å². The topological polar surface area (TPSA) is 60.7 Å². The summed E-state index contributed by atoms with van der Waals surface area (Å²) in [6.45, 7) is 0.924. The largest absolute Gasteiger partial charge is 0.454 e. The van der Waals surface area contributed by atoms with Crippen LogP contribution in [0.25, 0.3) is 16.2 Å². The molecule has 0 amide bonds. The molecule has 3 heterocycles. The summed E-state index contributed by atoms with van der Waals surface area (Å²) in [4.78, 5) is 5.29. The SMILES string of the molecule is Clc1ccc(-c2cnc3sc(NCc4ccc5c(c4)OCO5)nn23)cc1. The molecule has 1 aliphatic rings. The minimum Gasteiger partial charge on any atom is -0.454 e. The minimum atomic E-state index is 0.281. The molecule has 8 heteroatoms. The zero-order chi connectivity index (χ0) is 17.5. The van der Waals surface area contributed by atoms with E-state index in [1.54, 1.807) is 0 Å².